The summed E-state index contributed by atoms with van der Waals surface area (Å²) in [5.74, 6) is 0.432. The van der Waals surface area contributed by atoms with Gasteiger partial charge in [-0.25, -0.2) is 9.97 Å². The Hall–Kier alpha value is -4.32. The summed E-state index contributed by atoms with van der Waals surface area (Å²) in [6, 6.07) is 9.28. The first-order chi connectivity index (χ1) is 17.8. The minimum atomic E-state index is -4.68. The molecular formula is C25H24F3N7O2. The summed E-state index contributed by atoms with van der Waals surface area (Å²) in [7, 11) is 1.40. The molecule has 1 fully saturated rings. The second-order valence-corrected chi connectivity index (χ2v) is 7.92. The predicted molar refractivity (Wildman–Crippen MR) is 134 cm³/mol. The molecule has 37 heavy (non-hydrogen) atoms. The summed E-state index contributed by atoms with van der Waals surface area (Å²) in [5, 5.41) is 5.00. The molecule has 0 aliphatic carbocycles. The fraction of sp³-hybridized carbons (Fsp3) is 0.240. The van der Waals surface area contributed by atoms with E-state index in [9.17, 15) is 18.0 Å². The number of hydrogen-bond acceptors (Lipinski definition) is 8. The fourth-order valence-electron chi connectivity index (χ4n) is 3.53. The Bertz CT molecular complexity index is 1270. The monoisotopic (exact) mass is 511 g/mol. The van der Waals surface area contributed by atoms with Crippen molar-refractivity contribution in [3.05, 3.63) is 84.1 Å². The second kappa shape index (κ2) is 11.6. The van der Waals surface area contributed by atoms with E-state index in [2.05, 4.69) is 30.6 Å². The van der Waals surface area contributed by atoms with Crippen LogP contribution in [0.2, 0.25) is 0 Å². The quantitative estimate of drug-likeness (QED) is 0.463. The van der Waals surface area contributed by atoms with E-state index in [0.717, 1.165) is 6.08 Å². The zero-order valence-corrected chi connectivity index (χ0v) is 19.9. The summed E-state index contributed by atoms with van der Waals surface area (Å²) >= 11 is 0. The summed E-state index contributed by atoms with van der Waals surface area (Å²) < 4.78 is 46.5. The van der Waals surface area contributed by atoms with Crippen molar-refractivity contribution in [1.29, 1.82) is 0 Å². The number of halogens is 3. The maximum Gasteiger partial charge on any atom is 0.431 e. The first kappa shape index (κ1) is 25.8. The number of aromatic nitrogens is 3. The molecule has 3 aromatic rings. The number of aliphatic imine (C=N–C) groups is 1. The van der Waals surface area contributed by atoms with Crippen LogP contribution in [0.15, 0.2) is 78.0 Å². The minimum absolute atomic E-state index is 0.0849. The number of anilines is 3. The van der Waals surface area contributed by atoms with Crippen LogP contribution < -0.4 is 15.5 Å². The number of alkyl halides is 3. The zero-order chi connectivity index (χ0) is 26.3. The highest BCUT2D eigenvalue weighted by molar-refractivity contribution is 6.09. The van der Waals surface area contributed by atoms with Crippen molar-refractivity contribution >= 4 is 28.9 Å². The molecule has 0 bridgehead atoms. The highest BCUT2D eigenvalue weighted by Crippen LogP contribution is 2.28. The van der Waals surface area contributed by atoms with Crippen molar-refractivity contribution in [2.75, 3.05) is 48.9 Å². The number of ether oxygens (including phenoxy) is 1. The van der Waals surface area contributed by atoms with Gasteiger partial charge in [-0.15, -0.1) is 0 Å². The normalized spacial score (nSPS) is 14.9. The van der Waals surface area contributed by atoms with E-state index in [0.29, 0.717) is 43.2 Å². The maximum atomic E-state index is 13.7. The molecule has 9 nitrogen and oxygen atoms in total. The van der Waals surface area contributed by atoms with E-state index in [1.54, 1.807) is 30.5 Å². The van der Waals surface area contributed by atoms with Crippen LogP contribution in [0.25, 0.3) is 0 Å². The molecule has 0 saturated carbocycles. The van der Waals surface area contributed by atoms with E-state index in [1.807, 2.05) is 4.90 Å². The lowest BCUT2D eigenvalue weighted by molar-refractivity contribution is -0.0901. The SMILES string of the molecule is C/N=C(\C=C(/Nc1ccc(NC(=O)c2ccnc(N3CCOCC3)c2)nc1)C(F)(F)F)c1cccnc1. The van der Waals surface area contributed by atoms with Crippen molar-refractivity contribution in [3.63, 3.8) is 0 Å². The largest absolute Gasteiger partial charge is 0.431 e. The van der Waals surface area contributed by atoms with Gasteiger partial charge in [-0.1, -0.05) is 0 Å². The van der Waals surface area contributed by atoms with E-state index >= 15 is 0 Å². The molecule has 1 saturated heterocycles. The summed E-state index contributed by atoms with van der Waals surface area (Å²) in [4.78, 5) is 31.0. The van der Waals surface area contributed by atoms with Gasteiger partial charge in [0.1, 0.15) is 17.3 Å². The van der Waals surface area contributed by atoms with Crippen LogP contribution in [0, 0.1) is 0 Å². The van der Waals surface area contributed by atoms with E-state index in [1.165, 1.54) is 37.8 Å². The van der Waals surface area contributed by atoms with Gasteiger partial charge in [0.05, 0.1) is 30.8 Å². The van der Waals surface area contributed by atoms with Gasteiger partial charge in [0.25, 0.3) is 5.91 Å². The summed E-state index contributed by atoms with van der Waals surface area (Å²) in [5.41, 5.74) is -0.00884. The third-order valence-corrected chi connectivity index (χ3v) is 5.41. The highest BCUT2D eigenvalue weighted by atomic mass is 19.4. The van der Waals surface area contributed by atoms with Crippen LogP contribution in [0.3, 0.4) is 0 Å². The van der Waals surface area contributed by atoms with Crippen LogP contribution in [0.4, 0.5) is 30.5 Å². The van der Waals surface area contributed by atoms with Crippen LogP contribution in [-0.2, 0) is 4.74 Å². The molecule has 3 aromatic heterocycles. The van der Waals surface area contributed by atoms with Gasteiger partial charge in [-0.2, -0.15) is 13.2 Å². The number of amides is 1. The number of morpholine rings is 1. The Morgan fingerprint density at radius 2 is 1.86 bits per heavy atom. The average molecular weight is 512 g/mol. The first-order valence-corrected chi connectivity index (χ1v) is 11.3. The third-order valence-electron chi connectivity index (χ3n) is 5.41. The molecule has 4 rings (SSSR count). The van der Waals surface area contributed by atoms with Crippen molar-refractivity contribution in [1.82, 2.24) is 15.0 Å². The number of carbonyl (C=O) groups is 1. The lowest BCUT2D eigenvalue weighted by atomic mass is 10.1. The van der Waals surface area contributed by atoms with Gasteiger partial charge in [0, 0.05) is 49.9 Å². The molecular weight excluding hydrogens is 487 g/mol. The highest BCUT2D eigenvalue weighted by Gasteiger charge is 2.34. The zero-order valence-electron chi connectivity index (χ0n) is 19.9. The Morgan fingerprint density at radius 3 is 2.51 bits per heavy atom. The van der Waals surface area contributed by atoms with E-state index in [-0.39, 0.29) is 17.2 Å². The second-order valence-electron chi connectivity index (χ2n) is 7.92. The van der Waals surface area contributed by atoms with Crippen molar-refractivity contribution in [2.45, 2.75) is 6.18 Å². The number of rotatable bonds is 7. The van der Waals surface area contributed by atoms with Crippen molar-refractivity contribution in [2.24, 2.45) is 4.99 Å². The molecule has 4 heterocycles. The Labute approximate surface area is 211 Å². The Balaban J connectivity index is 1.45. The van der Waals surface area contributed by atoms with Gasteiger partial charge in [-0.3, -0.25) is 14.8 Å². The molecule has 0 atom stereocenters. The van der Waals surface area contributed by atoms with Gasteiger partial charge >= 0.3 is 6.18 Å². The number of nitrogens with one attached hydrogen (secondary N) is 2. The van der Waals surface area contributed by atoms with Gasteiger partial charge < -0.3 is 20.3 Å². The van der Waals surface area contributed by atoms with Crippen LogP contribution >= 0.6 is 0 Å². The first-order valence-electron chi connectivity index (χ1n) is 11.3. The molecule has 0 spiro atoms. The number of carbonyl (C=O) groups excluding carboxylic acids is 1. The van der Waals surface area contributed by atoms with Gasteiger partial charge in [-0.05, 0) is 42.5 Å². The molecule has 0 aromatic carbocycles. The fourth-order valence-corrected chi connectivity index (χ4v) is 3.53. The molecule has 1 amide bonds. The summed E-state index contributed by atoms with van der Waals surface area (Å²) in [6.07, 6.45) is 1.93. The van der Waals surface area contributed by atoms with Crippen molar-refractivity contribution in [3.8, 4) is 0 Å². The van der Waals surface area contributed by atoms with Crippen LogP contribution in [0.5, 0.6) is 0 Å². The predicted octanol–water partition coefficient (Wildman–Crippen LogP) is 3.94. The number of nitrogens with zero attached hydrogens (tertiary/aromatic N) is 5. The van der Waals surface area contributed by atoms with Gasteiger partial charge in [0.15, 0.2) is 0 Å². The molecule has 1 aliphatic rings. The molecule has 0 unspecified atom stereocenters. The van der Waals surface area contributed by atoms with Gasteiger partial charge in [0.2, 0.25) is 0 Å². The van der Waals surface area contributed by atoms with E-state index in [4.69, 9.17) is 4.74 Å². The maximum absolute atomic E-state index is 13.7. The topological polar surface area (TPSA) is 105 Å². The Kier molecular flexibility index (Phi) is 8.08. The molecule has 12 heteroatoms. The number of allylic oxidation sites excluding steroid dienone is 2. The Morgan fingerprint density at radius 1 is 1.05 bits per heavy atom. The molecule has 192 valence electrons. The molecule has 2 N–H and O–H groups in total. The molecule has 1 aliphatic heterocycles. The summed E-state index contributed by atoms with van der Waals surface area (Å²) in [6.45, 7) is 2.53. The molecule has 0 radical (unpaired) electrons. The van der Waals surface area contributed by atoms with Crippen LogP contribution in [-0.4, -0.2) is 66.1 Å². The average Bonchev–Trinajstić information content (AvgIpc) is 2.92. The number of pyridine rings is 3. The number of hydrogen-bond donors (Lipinski definition) is 2. The lowest BCUT2D eigenvalue weighted by Crippen LogP contribution is -2.36. The standard InChI is InChI=1S/C25H24F3N7O2/c1-29-20(18-3-2-7-30-15-18)14-21(25(26,27)28)33-19-4-5-22(32-16-19)34-24(36)17-6-8-31-23(13-17)35-9-11-37-12-10-35/h2-8,13-16,33H,9-12H2,1H3,(H,32,34,36)/b21-14-,29-20+. The smallest absolute Gasteiger partial charge is 0.378 e. The van der Waals surface area contributed by atoms with Crippen molar-refractivity contribution < 1.29 is 22.7 Å². The van der Waals surface area contributed by atoms with E-state index < -0.39 is 17.8 Å². The lowest BCUT2D eigenvalue weighted by Gasteiger charge is -2.27. The van der Waals surface area contributed by atoms with Crippen LogP contribution in [0.1, 0.15) is 15.9 Å². The third kappa shape index (κ3) is 6.88. The minimum Gasteiger partial charge on any atom is -0.378 e.